The van der Waals surface area contributed by atoms with Crippen molar-refractivity contribution in [2.24, 2.45) is 5.92 Å². The van der Waals surface area contributed by atoms with Gasteiger partial charge in [0.15, 0.2) is 5.25 Å². The van der Waals surface area contributed by atoms with Gasteiger partial charge in [0.2, 0.25) is 5.91 Å². The van der Waals surface area contributed by atoms with Gasteiger partial charge in [0.05, 0.1) is 20.3 Å². The lowest BCUT2D eigenvalue weighted by Crippen LogP contribution is -2.46. The molecule has 1 aromatic carbocycles. The Bertz CT molecular complexity index is 659. The van der Waals surface area contributed by atoms with E-state index in [0.29, 0.717) is 6.42 Å². The zero-order valence-corrected chi connectivity index (χ0v) is 15.7. The van der Waals surface area contributed by atoms with Crippen molar-refractivity contribution in [2.75, 3.05) is 20.0 Å². The Morgan fingerprint density at radius 1 is 1.15 bits per heavy atom. The van der Waals surface area contributed by atoms with Crippen LogP contribution in [0, 0.1) is 17.2 Å². The number of rotatable bonds is 9. The lowest BCUT2D eigenvalue weighted by Gasteiger charge is -2.19. The van der Waals surface area contributed by atoms with Crippen molar-refractivity contribution in [3.63, 3.8) is 0 Å². The molecule has 7 nitrogen and oxygen atoms in total. The quantitative estimate of drug-likeness (QED) is 0.646. The summed E-state index contributed by atoms with van der Waals surface area (Å²) in [5.74, 6) is -1.99. The number of methoxy groups -OCH3 is 2. The van der Waals surface area contributed by atoms with E-state index >= 15 is 0 Å². The molecule has 0 aliphatic heterocycles. The standard InChI is InChI=1S/C18H22N2O5S/c1-12(9-13-7-5-4-6-8-13)16(21)20-14(17(22)24-2)11-26-15(10-19)18(23)25-3/h4-8,12,14-15H,9,11H2,1-3H3,(H,20,21)/t12-,14-,15?/m0/s1. The van der Waals surface area contributed by atoms with Crippen molar-refractivity contribution in [3.8, 4) is 6.07 Å². The number of amides is 1. The van der Waals surface area contributed by atoms with Crippen LogP contribution in [-0.4, -0.2) is 49.1 Å². The van der Waals surface area contributed by atoms with E-state index in [1.807, 2.05) is 30.3 Å². The number of nitriles is 1. The molecule has 0 fully saturated rings. The average molecular weight is 378 g/mol. The molecule has 26 heavy (non-hydrogen) atoms. The maximum atomic E-state index is 12.4. The number of carbonyl (C=O) groups excluding carboxylic acids is 3. The lowest BCUT2D eigenvalue weighted by molar-refractivity contribution is -0.144. The summed E-state index contributed by atoms with van der Waals surface area (Å²) in [6, 6.07) is 10.4. The second kappa shape index (κ2) is 11.2. The highest BCUT2D eigenvalue weighted by Crippen LogP contribution is 2.15. The number of esters is 2. The summed E-state index contributed by atoms with van der Waals surface area (Å²) >= 11 is 0.913. The van der Waals surface area contributed by atoms with Crippen LogP contribution in [0.25, 0.3) is 0 Å². The van der Waals surface area contributed by atoms with Crippen LogP contribution in [-0.2, 0) is 30.3 Å². The molecule has 1 amide bonds. The van der Waals surface area contributed by atoms with E-state index in [4.69, 9.17) is 10.00 Å². The highest BCUT2D eigenvalue weighted by atomic mass is 32.2. The van der Waals surface area contributed by atoms with Crippen LogP contribution in [0.15, 0.2) is 30.3 Å². The van der Waals surface area contributed by atoms with Gasteiger partial charge in [-0.25, -0.2) is 9.59 Å². The molecule has 0 spiro atoms. The Hall–Kier alpha value is -2.53. The van der Waals surface area contributed by atoms with Crippen LogP contribution < -0.4 is 5.32 Å². The number of nitrogens with zero attached hydrogens (tertiary/aromatic N) is 1. The van der Waals surface area contributed by atoms with E-state index in [0.717, 1.165) is 17.3 Å². The number of carbonyl (C=O) groups is 3. The van der Waals surface area contributed by atoms with E-state index < -0.39 is 23.2 Å². The summed E-state index contributed by atoms with van der Waals surface area (Å²) in [4.78, 5) is 35.8. The van der Waals surface area contributed by atoms with Crippen molar-refractivity contribution in [1.82, 2.24) is 5.32 Å². The molecule has 8 heteroatoms. The lowest BCUT2D eigenvalue weighted by atomic mass is 10.0. The Kier molecular flexibility index (Phi) is 9.23. The van der Waals surface area contributed by atoms with Gasteiger partial charge in [0.1, 0.15) is 6.04 Å². The molecule has 0 aliphatic rings. The average Bonchev–Trinajstić information content (AvgIpc) is 2.66. The molecule has 1 unspecified atom stereocenters. The molecular formula is C18H22N2O5S. The Morgan fingerprint density at radius 3 is 2.31 bits per heavy atom. The van der Waals surface area contributed by atoms with Gasteiger partial charge in [-0.2, -0.15) is 5.26 Å². The minimum Gasteiger partial charge on any atom is -0.467 e. The molecule has 0 aromatic heterocycles. The molecule has 1 N–H and O–H groups in total. The fraction of sp³-hybridized carbons (Fsp3) is 0.444. The van der Waals surface area contributed by atoms with Crippen molar-refractivity contribution in [3.05, 3.63) is 35.9 Å². The predicted octanol–water partition coefficient (Wildman–Crippen LogP) is 1.32. The third-order valence-corrected chi connectivity index (χ3v) is 4.75. The number of ether oxygens (including phenoxy) is 2. The molecule has 0 heterocycles. The van der Waals surface area contributed by atoms with Crippen LogP contribution in [0.5, 0.6) is 0 Å². The third kappa shape index (κ3) is 6.76. The number of nitrogens with one attached hydrogen (secondary N) is 1. The maximum absolute atomic E-state index is 12.4. The van der Waals surface area contributed by atoms with E-state index in [-0.39, 0.29) is 17.6 Å². The molecule has 1 rings (SSSR count). The predicted molar refractivity (Wildman–Crippen MR) is 97.1 cm³/mol. The van der Waals surface area contributed by atoms with Gasteiger partial charge in [0, 0.05) is 11.7 Å². The fourth-order valence-electron chi connectivity index (χ4n) is 2.14. The summed E-state index contributed by atoms with van der Waals surface area (Å²) in [6.45, 7) is 1.76. The van der Waals surface area contributed by atoms with Gasteiger partial charge in [-0.3, -0.25) is 4.79 Å². The number of hydrogen-bond acceptors (Lipinski definition) is 7. The van der Waals surface area contributed by atoms with Gasteiger partial charge in [-0.1, -0.05) is 37.3 Å². The second-order valence-electron chi connectivity index (χ2n) is 5.54. The Balaban J connectivity index is 2.68. The minimum absolute atomic E-state index is 0.0177. The van der Waals surface area contributed by atoms with Gasteiger partial charge in [0.25, 0.3) is 0 Å². The summed E-state index contributed by atoms with van der Waals surface area (Å²) in [5.41, 5.74) is 1.01. The molecule has 0 radical (unpaired) electrons. The number of thioether (sulfide) groups is 1. The zero-order valence-electron chi connectivity index (χ0n) is 14.9. The van der Waals surface area contributed by atoms with E-state index in [2.05, 4.69) is 10.1 Å². The van der Waals surface area contributed by atoms with E-state index in [9.17, 15) is 14.4 Å². The van der Waals surface area contributed by atoms with Crippen LogP contribution in [0.3, 0.4) is 0 Å². The largest absolute Gasteiger partial charge is 0.467 e. The first kappa shape index (κ1) is 21.5. The number of benzene rings is 1. The smallest absolute Gasteiger partial charge is 0.333 e. The van der Waals surface area contributed by atoms with Gasteiger partial charge >= 0.3 is 11.9 Å². The second-order valence-corrected chi connectivity index (χ2v) is 6.68. The maximum Gasteiger partial charge on any atom is 0.333 e. The first-order chi connectivity index (χ1) is 12.4. The highest BCUT2D eigenvalue weighted by molar-refractivity contribution is 8.00. The fourth-order valence-corrected chi connectivity index (χ4v) is 3.05. The van der Waals surface area contributed by atoms with Crippen LogP contribution >= 0.6 is 11.8 Å². The summed E-state index contributed by atoms with van der Waals surface area (Å²) in [7, 11) is 2.39. The first-order valence-corrected chi connectivity index (χ1v) is 8.99. The SMILES string of the molecule is COC(=O)C(C#N)SC[C@H](NC(=O)[C@@H](C)Cc1ccccc1)C(=O)OC. The molecule has 0 saturated carbocycles. The minimum atomic E-state index is -1.08. The van der Waals surface area contributed by atoms with Gasteiger partial charge in [-0.05, 0) is 12.0 Å². The molecule has 1 aromatic rings. The molecule has 140 valence electrons. The zero-order chi connectivity index (χ0) is 19.5. The normalized spacial score (nSPS) is 13.6. The van der Waals surface area contributed by atoms with Crippen LogP contribution in [0.1, 0.15) is 12.5 Å². The van der Waals surface area contributed by atoms with Gasteiger partial charge in [-0.15, -0.1) is 11.8 Å². The van der Waals surface area contributed by atoms with Crippen molar-refractivity contribution >= 4 is 29.6 Å². The van der Waals surface area contributed by atoms with Crippen molar-refractivity contribution in [2.45, 2.75) is 24.6 Å². The summed E-state index contributed by atoms with van der Waals surface area (Å²) in [6.07, 6.45) is 0.524. The number of hydrogen-bond donors (Lipinski definition) is 1. The molecular weight excluding hydrogens is 356 g/mol. The highest BCUT2D eigenvalue weighted by Gasteiger charge is 2.28. The van der Waals surface area contributed by atoms with E-state index in [1.165, 1.54) is 14.2 Å². The van der Waals surface area contributed by atoms with E-state index in [1.54, 1.807) is 13.0 Å². The molecule has 3 atom stereocenters. The topological polar surface area (TPSA) is 105 Å². The Morgan fingerprint density at radius 2 is 1.77 bits per heavy atom. The third-order valence-electron chi connectivity index (χ3n) is 3.60. The summed E-state index contributed by atoms with van der Waals surface area (Å²) < 4.78 is 9.22. The van der Waals surface area contributed by atoms with Crippen molar-refractivity contribution in [1.29, 1.82) is 5.26 Å². The first-order valence-electron chi connectivity index (χ1n) is 7.94. The molecule has 0 bridgehead atoms. The molecule has 0 aliphatic carbocycles. The van der Waals surface area contributed by atoms with Crippen LogP contribution in [0.4, 0.5) is 0 Å². The molecule has 0 saturated heterocycles. The van der Waals surface area contributed by atoms with Crippen molar-refractivity contribution < 1.29 is 23.9 Å². The Labute approximate surface area is 157 Å². The monoisotopic (exact) mass is 378 g/mol. The summed E-state index contributed by atoms with van der Waals surface area (Å²) in [5, 5.41) is 10.5. The van der Waals surface area contributed by atoms with Crippen LogP contribution in [0.2, 0.25) is 0 Å². The van der Waals surface area contributed by atoms with Gasteiger partial charge < -0.3 is 14.8 Å².